The molecule has 0 unspecified atom stereocenters. The lowest BCUT2D eigenvalue weighted by molar-refractivity contribution is -0.121. The lowest BCUT2D eigenvalue weighted by Crippen LogP contribution is -2.28. The summed E-state index contributed by atoms with van der Waals surface area (Å²) in [6, 6.07) is 12.0. The highest BCUT2D eigenvalue weighted by molar-refractivity contribution is 5.79. The van der Waals surface area contributed by atoms with Gasteiger partial charge in [0.05, 0.1) is 12.5 Å². The van der Waals surface area contributed by atoms with Gasteiger partial charge in [0.2, 0.25) is 17.6 Å². The quantitative estimate of drug-likeness (QED) is 0.753. The molecule has 6 heteroatoms. The van der Waals surface area contributed by atoms with Crippen LogP contribution in [0.5, 0.6) is 0 Å². The molecule has 3 aromatic rings. The maximum absolute atomic E-state index is 12.4. The molecule has 0 saturated heterocycles. The number of fused-ring (bicyclic) bond motifs is 1. The van der Waals surface area contributed by atoms with Crippen molar-refractivity contribution in [3.8, 4) is 11.4 Å². The van der Waals surface area contributed by atoms with Crippen LogP contribution in [0.1, 0.15) is 47.8 Å². The summed E-state index contributed by atoms with van der Waals surface area (Å²) in [5.41, 5.74) is 5.07. The first-order valence-corrected chi connectivity index (χ1v) is 9.30. The Hall–Kier alpha value is -3.02. The molecular formula is C21H22N4O2. The maximum Gasteiger partial charge on any atom is 0.226 e. The van der Waals surface area contributed by atoms with Gasteiger partial charge in [-0.1, -0.05) is 30.3 Å². The molecule has 0 aliphatic heterocycles. The standard InChI is InChI=1S/C21H22N4O2/c1-3-20-24-21(25-27-20)15-7-9-17-14(11-15)8-10-18(17)23-19(26)12-16-6-4-5-13(2)22-16/h4-7,9,11,18H,3,8,10,12H2,1-2H3,(H,23,26)/t18-/m1/s1. The van der Waals surface area contributed by atoms with Crippen molar-refractivity contribution in [2.24, 2.45) is 0 Å². The minimum atomic E-state index is 0.000724. The molecule has 2 aromatic heterocycles. The van der Waals surface area contributed by atoms with Crippen LogP contribution in [0.15, 0.2) is 40.9 Å². The number of rotatable bonds is 5. The topological polar surface area (TPSA) is 80.9 Å². The third kappa shape index (κ3) is 3.74. The SMILES string of the molecule is CCc1nc(-c2ccc3c(c2)CC[C@H]3NC(=O)Cc2cccc(C)n2)no1. The van der Waals surface area contributed by atoms with Crippen LogP contribution < -0.4 is 5.32 Å². The van der Waals surface area contributed by atoms with Crippen LogP contribution in [0, 0.1) is 6.92 Å². The fourth-order valence-corrected chi connectivity index (χ4v) is 3.53. The van der Waals surface area contributed by atoms with E-state index in [0.717, 1.165) is 36.2 Å². The summed E-state index contributed by atoms with van der Waals surface area (Å²) in [6.45, 7) is 3.92. The Morgan fingerprint density at radius 1 is 1.26 bits per heavy atom. The maximum atomic E-state index is 12.4. The number of aromatic nitrogens is 3. The second-order valence-corrected chi connectivity index (χ2v) is 6.88. The molecule has 0 radical (unpaired) electrons. The van der Waals surface area contributed by atoms with Gasteiger partial charge < -0.3 is 9.84 Å². The van der Waals surface area contributed by atoms with Gasteiger partial charge in [-0.05, 0) is 49.1 Å². The number of carbonyl (C=O) groups is 1. The van der Waals surface area contributed by atoms with Crippen LogP contribution in [0.2, 0.25) is 0 Å². The molecule has 1 aliphatic carbocycles. The van der Waals surface area contributed by atoms with Gasteiger partial charge in [0.25, 0.3) is 0 Å². The minimum absolute atomic E-state index is 0.000724. The Morgan fingerprint density at radius 2 is 2.15 bits per heavy atom. The van der Waals surface area contributed by atoms with Crippen LogP contribution in [0.25, 0.3) is 11.4 Å². The second-order valence-electron chi connectivity index (χ2n) is 6.88. The molecular weight excluding hydrogens is 340 g/mol. The van der Waals surface area contributed by atoms with Crippen LogP contribution in [-0.4, -0.2) is 21.0 Å². The molecule has 0 bridgehead atoms. The molecule has 1 aromatic carbocycles. The zero-order valence-electron chi connectivity index (χ0n) is 15.5. The van der Waals surface area contributed by atoms with E-state index in [1.807, 2.05) is 38.1 Å². The Kier molecular flexibility index (Phi) is 4.71. The zero-order chi connectivity index (χ0) is 18.8. The van der Waals surface area contributed by atoms with Crippen molar-refractivity contribution in [2.45, 2.75) is 45.6 Å². The first kappa shape index (κ1) is 17.4. The average Bonchev–Trinajstić information content (AvgIpc) is 3.28. The summed E-state index contributed by atoms with van der Waals surface area (Å²) in [5.74, 6) is 1.26. The fraction of sp³-hybridized carbons (Fsp3) is 0.333. The van der Waals surface area contributed by atoms with Crippen molar-refractivity contribution in [1.82, 2.24) is 20.4 Å². The van der Waals surface area contributed by atoms with Gasteiger partial charge in [-0.3, -0.25) is 9.78 Å². The van der Waals surface area contributed by atoms with E-state index in [0.29, 0.717) is 18.1 Å². The summed E-state index contributed by atoms with van der Waals surface area (Å²) in [6.07, 6.45) is 2.85. The highest BCUT2D eigenvalue weighted by Gasteiger charge is 2.25. The molecule has 1 N–H and O–H groups in total. The molecule has 0 fully saturated rings. The van der Waals surface area contributed by atoms with Gasteiger partial charge in [-0.15, -0.1) is 0 Å². The zero-order valence-corrected chi connectivity index (χ0v) is 15.5. The van der Waals surface area contributed by atoms with Crippen molar-refractivity contribution in [3.05, 3.63) is 64.8 Å². The van der Waals surface area contributed by atoms with Crippen LogP contribution in [0.4, 0.5) is 0 Å². The number of nitrogens with one attached hydrogen (secondary N) is 1. The van der Waals surface area contributed by atoms with E-state index < -0.39 is 0 Å². The van der Waals surface area contributed by atoms with E-state index in [-0.39, 0.29) is 11.9 Å². The second kappa shape index (κ2) is 7.31. The number of hydrogen-bond donors (Lipinski definition) is 1. The molecule has 4 rings (SSSR count). The normalized spacial score (nSPS) is 15.6. The predicted octanol–water partition coefficient (Wildman–Crippen LogP) is 3.35. The van der Waals surface area contributed by atoms with Crippen LogP contribution in [-0.2, 0) is 24.1 Å². The Balaban J connectivity index is 1.46. The summed E-state index contributed by atoms with van der Waals surface area (Å²) in [4.78, 5) is 21.2. The van der Waals surface area contributed by atoms with E-state index in [9.17, 15) is 4.79 Å². The number of carbonyl (C=O) groups excluding carboxylic acids is 1. The molecule has 1 amide bonds. The van der Waals surface area contributed by atoms with Crippen molar-refractivity contribution >= 4 is 5.91 Å². The average molecular weight is 362 g/mol. The summed E-state index contributed by atoms with van der Waals surface area (Å²) < 4.78 is 5.20. The number of amides is 1. The van der Waals surface area contributed by atoms with E-state index >= 15 is 0 Å². The lowest BCUT2D eigenvalue weighted by Gasteiger charge is -2.14. The monoisotopic (exact) mass is 362 g/mol. The molecule has 6 nitrogen and oxygen atoms in total. The van der Waals surface area contributed by atoms with Gasteiger partial charge in [0.15, 0.2) is 0 Å². The smallest absolute Gasteiger partial charge is 0.226 e. The molecule has 0 spiro atoms. The third-order valence-corrected chi connectivity index (χ3v) is 4.87. The molecule has 1 aliphatic rings. The van der Waals surface area contributed by atoms with Gasteiger partial charge in [-0.25, -0.2) is 0 Å². The molecule has 0 saturated carbocycles. The van der Waals surface area contributed by atoms with Crippen molar-refractivity contribution in [1.29, 1.82) is 0 Å². The van der Waals surface area contributed by atoms with Crippen molar-refractivity contribution in [2.75, 3.05) is 0 Å². The number of nitrogens with zero attached hydrogens (tertiary/aromatic N) is 3. The summed E-state index contributed by atoms with van der Waals surface area (Å²) in [5, 5.41) is 7.19. The van der Waals surface area contributed by atoms with Crippen molar-refractivity contribution < 1.29 is 9.32 Å². The number of aryl methyl sites for hydroxylation is 3. The number of pyridine rings is 1. The van der Waals surface area contributed by atoms with Crippen LogP contribution in [0.3, 0.4) is 0 Å². The Bertz CT molecular complexity index is 980. The van der Waals surface area contributed by atoms with E-state index in [4.69, 9.17) is 4.52 Å². The molecule has 138 valence electrons. The number of hydrogen-bond acceptors (Lipinski definition) is 5. The summed E-state index contributed by atoms with van der Waals surface area (Å²) >= 11 is 0. The predicted molar refractivity (Wildman–Crippen MR) is 101 cm³/mol. The highest BCUT2D eigenvalue weighted by atomic mass is 16.5. The first-order chi connectivity index (χ1) is 13.1. The molecule has 1 atom stereocenters. The van der Waals surface area contributed by atoms with Gasteiger partial charge in [0, 0.05) is 23.4 Å². The first-order valence-electron chi connectivity index (χ1n) is 9.30. The largest absolute Gasteiger partial charge is 0.349 e. The fourth-order valence-electron chi connectivity index (χ4n) is 3.53. The molecule has 2 heterocycles. The van der Waals surface area contributed by atoms with Gasteiger partial charge in [0.1, 0.15) is 0 Å². The molecule has 27 heavy (non-hydrogen) atoms. The number of benzene rings is 1. The Labute approximate surface area is 158 Å². The van der Waals surface area contributed by atoms with Crippen LogP contribution >= 0.6 is 0 Å². The highest BCUT2D eigenvalue weighted by Crippen LogP contribution is 2.33. The summed E-state index contributed by atoms with van der Waals surface area (Å²) in [7, 11) is 0. The van der Waals surface area contributed by atoms with Gasteiger partial charge in [-0.2, -0.15) is 4.98 Å². The Morgan fingerprint density at radius 3 is 2.93 bits per heavy atom. The van der Waals surface area contributed by atoms with Crippen molar-refractivity contribution in [3.63, 3.8) is 0 Å². The minimum Gasteiger partial charge on any atom is -0.349 e. The third-order valence-electron chi connectivity index (χ3n) is 4.87. The lowest BCUT2D eigenvalue weighted by atomic mass is 10.0. The van der Waals surface area contributed by atoms with E-state index in [1.54, 1.807) is 0 Å². The van der Waals surface area contributed by atoms with E-state index in [2.05, 4.69) is 32.6 Å². The van der Waals surface area contributed by atoms with E-state index in [1.165, 1.54) is 11.1 Å². The van der Waals surface area contributed by atoms with Gasteiger partial charge >= 0.3 is 0 Å².